The molecule has 2 aromatic rings. The summed E-state index contributed by atoms with van der Waals surface area (Å²) in [5, 5.41) is 3.12. The molecule has 1 aromatic carbocycles. The second-order valence-electron chi connectivity index (χ2n) is 4.79. The number of rotatable bonds is 9. The molecule has 0 fully saturated rings. The number of alkyl halides is 2. The molecule has 0 saturated heterocycles. The molecule has 6 nitrogen and oxygen atoms in total. The van der Waals surface area contributed by atoms with E-state index in [-0.39, 0.29) is 5.75 Å². The van der Waals surface area contributed by atoms with Crippen molar-refractivity contribution < 1.29 is 23.0 Å². The summed E-state index contributed by atoms with van der Waals surface area (Å²) >= 11 is 1.56. The SMILES string of the molecule is COc1ccnc(CSCNc2ccc(OC(F)F)cc2N)c1OC. The number of hydrogen-bond donors (Lipinski definition) is 2. The number of pyridine rings is 1. The Hall–Kier alpha value is -2.42. The zero-order valence-corrected chi connectivity index (χ0v) is 14.6. The summed E-state index contributed by atoms with van der Waals surface area (Å²) in [6.07, 6.45) is 1.66. The quantitative estimate of drug-likeness (QED) is 0.396. The van der Waals surface area contributed by atoms with E-state index in [0.717, 1.165) is 5.69 Å². The molecule has 3 N–H and O–H groups in total. The Morgan fingerprint density at radius 2 is 2.04 bits per heavy atom. The van der Waals surface area contributed by atoms with Gasteiger partial charge in [-0.3, -0.25) is 4.98 Å². The van der Waals surface area contributed by atoms with Crippen LogP contribution in [0.4, 0.5) is 20.2 Å². The van der Waals surface area contributed by atoms with Crippen LogP contribution in [0.2, 0.25) is 0 Å². The standard InChI is InChI=1S/C16H19F2N3O3S/c1-22-14-5-6-20-13(15(14)23-2)8-25-9-21-12-4-3-10(7-11(12)19)24-16(17)18/h3-7,16,21H,8-9,19H2,1-2H3. The number of benzene rings is 1. The van der Waals surface area contributed by atoms with Crippen LogP contribution in [-0.2, 0) is 5.75 Å². The van der Waals surface area contributed by atoms with Gasteiger partial charge in [-0.1, -0.05) is 0 Å². The van der Waals surface area contributed by atoms with Gasteiger partial charge in [0.05, 0.1) is 37.2 Å². The predicted molar refractivity (Wildman–Crippen MR) is 94.6 cm³/mol. The topological polar surface area (TPSA) is 78.6 Å². The average Bonchev–Trinajstić information content (AvgIpc) is 2.59. The molecule has 0 aliphatic rings. The fourth-order valence-corrected chi connectivity index (χ4v) is 2.87. The number of hydrogen-bond acceptors (Lipinski definition) is 7. The van der Waals surface area contributed by atoms with E-state index in [0.29, 0.717) is 34.5 Å². The summed E-state index contributed by atoms with van der Waals surface area (Å²) in [6.45, 7) is -2.88. The third-order valence-corrected chi connectivity index (χ3v) is 4.04. The molecule has 136 valence electrons. The van der Waals surface area contributed by atoms with E-state index in [1.54, 1.807) is 44.3 Å². The number of methoxy groups -OCH3 is 2. The molecule has 0 saturated carbocycles. The van der Waals surface area contributed by atoms with Crippen molar-refractivity contribution >= 4 is 23.1 Å². The van der Waals surface area contributed by atoms with Crippen molar-refractivity contribution in [1.29, 1.82) is 0 Å². The first kappa shape index (κ1) is 18.9. The summed E-state index contributed by atoms with van der Waals surface area (Å²) in [5.74, 6) is 2.39. The number of nitrogen functional groups attached to an aromatic ring is 1. The average molecular weight is 371 g/mol. The van der Waals surface area contributed by atoms with E-state index >= 15 is 0 Å². The molecule has 0 radical (unpaired) electrons. The van der Waals surface area contributed by atoms with E-state index < -0.39 is 6.61 Å². The number of halogens is 2. The fraction of sp³-hybridized carbons (Fsp3) is 0.312. The number of nitrogens with two attached hydrogens (primary N) is 1. The Balaban J connectivity index is 1.89. The van der Waals surface area contributed by atoms with Crippen LogP contribution in [0.1, 0.15) is 5.69 Å². The van der Waals surface area contributed by atoms with Gasteiger partial charge in [0.25, 0.3) is 0 Å². The van der Waals surface area contributed by atoms with Gasteiger partial charge in [0.2, 0.25) is 0 Å². The summed E-state index contributed by atoms with van der Waals surface area (Å²) in [5.41, 5.74) is 7.56. The molecule has 0 amide bonds. The largest absolute Gasteiger partial charge is 0.493 e. The Bertz CT molecular complexity index is 704. The first-order valence-electron chi connectivity index (χ1n) is 7.27. The van der Waals surface area contributed by atoms with Gasteiger partial charge in [0.1, 0.15) is 5.75 Å². The smallest absolute Gasteiger partial charge is 0.387 e. The van der Waals surface area contributed by atoms with Gasteiger partial charge in [0.15, 0.2) is 11.5 Å². The Kier molecular flexibility index (Phi) is 6.93. The van der Waals surface area contributed by atoms with Crippen LogP contribution >= 0.6 is 11.8 Å². The maximum absolute atomic E-state index is 12.2. The van der Waals surface area contributed by atoms with E-state index in [2.05, 4.69) is 15.0 Å². The molecule has 0 aliphatic carbocycles. The lowest BCUT2D eigenvalue weighted by atomic mass is 10.2. The van der Waals surface area contributed by atoms with Crippen molar-refractivity contribution in [3.63, 3.8) is 0 Å². The van der Waals surface area contributed by atoms with E-state index in [1.807, 2.05) is 0 Å². The number of nitrogens with one attached hydrogen (secondary N) is 1. The van der Waals surface area contributed by atoms with Crippen molar-refractivity contribution in [2.75, 3.05) is 31.1 Å². The number of anilines is 2. The predicted octanol–water partition coefficient (Wildman–Crippen LogP) is 3.59. The lowest BCUT2D eigenvalue weighted by molar-refractivity contribution is -0.0497. The van der Waals surface area contributed by atoms with Crippen molar-refractivity contribution in [2.24, 2.45) is 0 Å². The van der Waals surface area contributed by atoms with Crippen LogP contribution in [0, 0.1) is 0 Å². The molecule has 9 heteroatoms. The molecule has 0 bridgehead atoms. The highest BCUT2D eigenvalue weighted by Gasteiger charge is 2.11. The maximum Gasteiger partial charge on any atom is 0.387 e. The van der Waals surface area contributed by atoms with E-state index in [9.17, 15) is 8.78 Å². The maximum atomic E-state index is 12.2. The van der Waals surface area contributed by atoms with Crippen LogP contribution in [0.15, 0.2) is 30.5 Å². The normalized spacial score (nSPS) is 10.6. The van der Waals surface area contributed by atoms with Gasteiger partial charge >= 0.3 is 6.61 Å². The number of ether oxygens (including phenoxy) is 3. The van der Waals surface area contributed by atoms with Crippen LogP contribution in [0.5, 0.6) is 17.2 Å². The van der Waals surface area contributed by atoms with Crippen molar-refractivity contribution in [2.45, 2.75) is 12.4 Å². The van der Waals surface area contributed by atoms with Gasteiger partial charge in [-0.15, -0.1) is 11.8 Å². The highest BCUT2D eigenvalue weighted by molar-refractivity contribution is 7.98. The lowest BCUT2D eigenvalue weighted by Crippen LogP contribution is -2.05. The molecule has 2 rings (SSSR count). The molecule has 1 heterocycles. The second-order valence-corrected chi connectivity index (χ2v) is 5.78. The molecule has 25 heavy (non-hydrogen) atoms. The highest BCUT2D eigenvalue weighted by atomic mass is 32.2. The van der Waals surface area contributed by atoms with Gasteiger partial charge in [0, 0.05) is 24.1 Å². The van der Waals surface area contributed by atoms with Crippen LogP contribution < -0.4 is 25.3 Å². The monoisotopic (exact) mass is 371 g/mol. The van der Waals surface area contributed by atoms with Gasteiger partial charge < -0.3 is 25.3 Å². The molecule has 1 aromatic heterocycles. The Labute approximate surface area is 148 Å². The van der Waals surface area contributed by atoms with Crippen molar-refractivity contribution in [3.8, 4) is 17.2 Å². The zero-order valence-electron chi connectivity index (χ0n) is 13.8. The zero-order chi connectivity index (χ0) is 18.2. The minimum atomic E-state index is -2.88. The Morgan fingerprint density at radius 3 is 2.68 bits per heavy atom. The first-order chi connectivity index (χ1) is 12.0. The summed E-state index contributed by atoms with van der Waals surface area (Å²) in [7, 11) is 3.14. The fourth-order valence-electron chi connectivity index (χ4n) is 2.11. The molecular weight excluding hydrogens is 352 g/mol. The second kappa shape index (κ2) is 9.16. The van der Waals surface area contributed by atoms with Crippen LogP contribution in [0.25, 0.3) is 0 Å². The number of nitrogens with zero attached hydrogens (tertiary/aromatic N) is 1. The van der Waals surface area contributed by atoms with Gasteiger partial charge in [-0.05, 0) is 12.1 Å². The van der Waals surface area contributed by atoms with Crippen LogP contribution in [-0.4, -0.2) is 31.7 Å². The summed E-state index contributed by atoms with van der Waals surface area (Å²) < 4.78 is 39.2. The van der Waals surface area contributed by atoms with Crippen molar-refractivity contribution in [1.82, 2.24) is 4.98 Å². The highest BCUT2D eigenvalue weighted by Crippen LogP contribution is 2.31. The first-order valence-corrected chi connectivity index (χ1v) is 8.42. The minimum Gasteiger partial charge on any atom is -0.493 e. The van der Waals surface area contributed by atoms with Gasteiger partial charge in [-0.25, -0.2) is 0 Å². The van der Waals surface area contributed by atoms with E-state index in [1.165, 1.54) is 12.1 Å². The summed E-state index contributed by atoms with van der Waals surface area (Å²) in [4.78, 5) is 4.29. The summed E-state index contributed by atoms with van der Waals surface area (Å²) in [6, 6.07) is 6.11. The number of aromatic nitrogens is 1. The minimum absolute atomic E-state index is 0.0241. The number of thioether (sulfide) groups is 1. The third kappa shape index (κ3) is 5.28. The van der Waals surface area contributed by atoms with Gasteiger partial charge in [-0.2, -0.15) is 8.78 Å². The molecule has 0 aliphatic heterocycles. The molecule has 0 spiro atoms. The molecule has 0 atom stereocenters. The van der Waals surface area contributed by atoms with E-state index in [4.69, 9.17) is 15.2 Å². The van der Waals surface area contributed by atoms with Crippen molar-refractivity contribution in [3.05, 3.63) is 36.2 Å². The third-order valence-electron chi connectivity index (χ3n) is 3.22. The Morgan fingerprint density at radius 1 is 1.24 bits per heavy atom. The lowest BCUT2D eigenvalue weighted by Gasteiger charge is -2.13. The van der Waals surface area contributed by atoms with Crippen LogP contribution in [0.3, 0.4) is 0 Å². The molecule has 0 unspecified atom stereocenters. The molecular formula is C16H19F2N3O3S.